The summed E-state index contributed by atoms with van der Waals surface area (Å²) in [6, 6.07) is 7.35. The number of carbonyl (C=O) groups is 2. The molecule has 114 valence electrons. The van der Waals surface area contributed by atoms with E-state index in [1.165, 1.54) is 6.08 Å². The molecule has 0 aliphatic heterocycles. The SMILES string of the molecule is CC(C)CNC(=O)CN(C)c1ccc(/C=C/C(=O)O)cc1. The van der Waals surface area contributed by atoms with Crippen LogP contribution in [0.5, 0.6) is 0 Å². The van der Waals surface area contributed by atoms with Gasteiger partial charge in [-0.15, -0.1) is 0 Å². The molecule has 0 heterocycles. The molecule has 21 heavy (non-hydrogen) atoms. The molecule has 0 spiro atoms. The van der Waals surface area contributed by atoms with E-state index >= 15 is 0 Å². The number of nitrogens with one attached hydrogen (secondary N) is 1. The molecule has 1 aromatic carbocycles. The van der Waals surface area contributed by atoms with E-state index in [4.69, 9.17) is 5.11 Å². The molecule has 1 amide bonds. The van der Waals surface area contributed by atoms with Crippen LogP contribution in [-0.2, 0) is 9.59 Å². The lowest BCUT2D eigenvalue weighted by atomic mass is 10.2. The van der Waals surface area contributed by atoms with Crippen molar-refractivity contribution in [2.24, 2.45) is 5.92 Å². The second kappa shape index (κ2) is 8.09. The largest absolute Gasteiger partial charge is 0.478 e. The van der Waals surface area contributed by atoms with Gasteiger partial charge in [-0.2, -0.15) is 0 Å². The van der Waals surface area contributed by atoms with Crippen LogP contribution >= 0.6 is 0 Å². The fraction of sp³-hybridized carbons (Fsp3) is 0.375. The fourth-order valence-electron chi connectivity index (χ4n) is 1.69. The summed E-state index contributed by atoms with van der Waals surface area (Å²) in [6.45, 7) is 5.06. The summed E-state index contributed by atoms with van der Waals surface area (Å²) in [6.07, 6.45) is 2.62. The van der Waals surface area contributed by atoms with Crippen molar-refractivity contribution in [3.63, 3.8) is 0 Å². The van der Waals surface area contributed by atoms with Crippen LogP contribution in [0.15, 0.2) is 30.3 Å². The number of hydrogen-bond acceptors (Lipinski definition) is 3. The third-order valence-corrected chi connectivity index (χ3v) is 2.84. The molecule has 0 atom stereocenters. The van der Waals surface area contributed by atoms with Gasteiger partial charge in [-0.3, -0.25) is 4.79 Å². The van der Waals surface area contributed by atoms with Gasteiger partial charge in [-0.25, -0.2) is 4.79 Å². The number of carbonyl (C=O) groups excluding carboxylic acids is 1. The van der Waals surface area contributed by atoms with Gasteiger partial charge in [0.1, 0.15) is 0 Å². The van der Waals surface area contributed by atoms with Gasteiger partial charge in [0.05, 0.1) is 6.54 Å². The number of carboxylic acids is 1. The highest BCUT2D eigenvalue weighted by Crippen LogP contribution is 2.14. The monoisotopic (exact) mass is 290 g/mol. The summed E-state index contributed by atoms with van der Waals surface area (Å²) in [5.41, 5.74) is 1.71. The summed E-state index contributed by atoms with van der Waals surface area (Å²) in [5, 5.41) is 11.4. The molecular weight excluding hydrogens is 268 g/mol. The normalized spacial score (nSPS) is 10.9. The highest BCUT2D eigenvalue weighted by Gasteiger charge is 2.07. The van der Waals surface area contributed by atoms with Gasteiger partial charge in [0, 0.05) is 25.4 Å². The van der Waals surface area contributed by atoms with Crippen LogP contribution in [0, 0.1) is 5.92 Å². The zero-order valence-electron chi connectivity index (χ0n) is 12.7. The van der Waals surface area contributed by atoms with E-state index in [0.29, 0.717) is 12.5 Å². The molecule has 0 aromatic heterocycles. The quantitative estimate of drug-likeness (QED) is 0.754. The number of nitrogens with zero attached hydrogens (tertiary/aromatic N) is 1. The molecule has 0 unspecified atom stereocenters. The molecule has 0 aliphatic rings. The van der Waals surface area contributed by atoms with Gasteiger partial charge in [-0.05, 0) is 29.7 Å². The zero-order chi connectivity index (χ0) is 15.8. The first-order chi connectivity index (χ1) is 9.88. The fourth-order valence-corrected chi connectivity index (χ4v) is 1.69. The Bertz CT molecular complexity index is 507. The molecular formula is C16H22N2O3. The molecule has 1 rings (SSSR count). The number of likely N-dealkylation sites (N-methyl/N-ethyl adjacent to an activating group) is 1. The molecule has 0 saturated heterocycles. The van der Waals surface area contributed by atoms with E-state index in [0.717, 1.165) is 17.3 Å². The highest BCUT2D eigenvalue weighted by atomic mass is 16.4. The Morgan fingerprint density at radius 3 is 2.43 bits per heavy atom. The van der Waals surface area contributed by atoms with Crippen LogP contribution in [0.2, 0.25) is 0 Å². The van der Waals surface area contributed by atoms with E-state index in [-0.39, 0.29) is 12.5 Å². The number of carboxylic acid groups (broad SMARTS) is 1. The summed E-state index contributed by atoms with van der Waals surface area (Å²) >= 11 is 0. The Hall–Kier alpha value is -2.30. The maximum absolute atomic E-state index is 11.7. The van der Waals surface area contributed by atoms with Crippen molar-refractivity contribution in [3.8, 4) is 0 Å². The van der Waals surface area contributed by atoms with Crippen LogP contribution < -0.4 is 10.2 Å². The lowest BCUT2D eigenvalue weighted by Crippen LogP contribution is -2.36. The number of hydrogen-bond donors (Lipinski definition) is 2. The first kappa shape index (κ1) is 16.8. The lowest BCUT2D eigenvalue weighted by molar-refractivity contribution is -0.131. The second-order valence-corrected chi connectivity index (χ2v) is 5.32. The standard InChI is InChI=1S/C16H22N2O3/c1-12(2)10-17-15(19)11-18(3)14-7-4-13(5-8-14)6-9-16(20)21/h4-9,12H,10-11H2,1-3H3,(H,17,19)(H,20,21)/b9-6+. The van der Waals surface area contributed by atoms with Crippen molar-refractivity contribution in [2.45, 2.75) is 13.8 Å². The number of anilines is 1. The Balaban J connectivity index is 2.56. The van der Waals surface area contributed by atoms with Gasteiger partial charge in [-0.1, -0.05) is 26.0 Å². The predicted octanol–water partition coefficient (Wildman–Crippen LogP) is 1.99. The van der Waals surface area contributed by atoms with Crippen LogP contribution in [0.1, 0.15) is 19.4 Å². The van der Waals surface area contributed by atoms with E-state index in [1.54, 1.807) is 0 Å². The zero-order valence-corrected chi connectivity index (χ0v) is 12.7. The lowest BCUT2D eigenvalue weighted by Gasteiger charge is -2.19. The first-order valence-electron chi connectivity index (χ1n) is 6.87. The Morgan fingerprint density at radius 1 is 1.29 bits per heavy atom. The Kier molecular flexibility index (Phi) is 6.46. The van der Waals surface area contributed by atoms with Crippen LogP contribution in [0.25, 0.3) is 6.08 Å². The Labute approximate surface area is 125 Å². The van der Waals surface area contributed by atoms with Crippen molar-refractivity contribution >= 4 is 23.6 Å². The number of rotatable bonds is 7. The van der Waals surface area contributed by atoms with Crippen molar-refractivity contribution < 1.29 is 14.7 Å². The van der Waals surface area contributed by atoms with E-state index < -0.39 is 5.97 Å². The molecule has 0 bridgehead atoms. The van der Waals surface area contributed by atoms with Gasteiger partial charge in [0.15, 0.2) is 0 Å². The molecule has 2 N–H and O–H groups in total. The van der Waals surface area contributed by atoms with E-state index in [1.807, 2.05) is 50.1 Å². The van der Waals surface area contributed by atoms with Crippen molar-refractivity contribution in [1.82, 2.24) is 5.32 Å². The first-order valence-corrected chi connectivity index (χ1v) is 6.87. The predicted molar refractivity (Wildman–Crippen MR) is 84.2 cm³/mol. The summed E-state index contributed by atoms with van der Waals surface area (Å²) in [5.74, 6) is -0.557. The van der Waals surface area contributed by atoms with Gasteiger partial charge in [0.25, 0.3) is 0 Å². The summed E-state index contributed by atoms with van der Waals surface area (Å²) < 4.78 is 0. The second-order valence-electron chi connectivity index (χ2n) is 5.32. The van der Waals surface area contributed by atoms with Gasteiger partial charge >= 0.3 is 5.97 Å². The van der Waals surface area contributed by atoms with Crippen LogP contribution in [0.4, 0.5) is 5.69 Å². The van der Waals surface area contributed by atoms with Crippen LogP contribution in [-0.4, -0.2) is 37.1 Å². The Morgan fingerprint density at radius 2 is 1.90 bits per heavy atom. The molecule has 1 aromatic rings. The van der Waals surface area contributed by atoms with Crippen molar-refractivity contribution in [3.05, 3.63) is 35.9 Å². The number of aliphatic carboxylic acids is 1. The molecule has 5 nitrogen and oxygen atoms in total. The average Bonchev–Trinajstić information content (AvgIpc) is 2.43. The summed E-state index contributed by atoms with van der Waals surface area (Å²) in [4.78, 5) is 24.0. The summed E-state index contributed by atoms with van der Waals surface area (Å²) in [7, 11) is 1.84. The highest BCUT2D eigenvalue weighted by molar-refractivity contribution is 5.85. The molecule has 0 fully saturated rings. The minimum atomic E-state index is -0.974. The molecule has 0 radical (unpaired) electrons. The topological polar surface area (TPSA) is 69.6 Å². The molecule has 5 heteroatoms. The van der Waals surface area contributed by atoms with Crippen LogP contribution in [0.3, 0.4) is 0 Å². The maximum atomic E-state index is 11.7. The molecule has 0 aliphatic carbocycles. The minimum absolute atomic E-state index is 0.0129. The van der Waals surface area contributed by atoms with E-state index in [2.05, 4.69) is 5.32 Å². The van der Waals surface area contributed by atoms with Gasteiger partial charge < -0.3 is 15.3 Å². The average molecular weight is 290 g/mol. The smallest absolute Gasteiger partial charge is 0.328 e. The third-order valence-electron chi connectivity index (χ3n) is 2.84. The maximum Gasteiger partial charge on any atom is 0.328 e. The third kappa shape index (κ3) is 6.61. The van der Waals surface area contributed by atoms with Gasteiger partial charge in [0.2, 0.25) is 5.91 Å². The number of amides is 1. The van der Waals surface area contributed by atoms with E-state index in [9.17, 15) is 9.59 Å². The minimum Gasteiger partial charge on any atom is -0.478 e. The van der Waals surface area contributed by atoms with Crippen molar-refractivity contribution in [2.75, 3.05) is 25.0 Å². The molecule has 0 saturated carbocycles. The number of benzene rings is 1. The van der Waals surface area contributed by atoms with Crippen molar-refractivity contribution in [1.29, 1.82) is 0 Å².